The fourth-order valence-corrected chi connectivity index (χ4v) is 4.12. The number of halogens is 2. The van der Waals surface area contributed by atoms with E-state index in [-0.39, 0.29) is 9.92 Å². The molecule has 136 valence electrons. The summed E-state index contributed by atoms with van der Waals surface area (Å²) in [5.41, 5.74) is 2.68. The molecular formula is C19H13Cl2N3O2S. The van der Waals surface area contributed by atoms with Gasteiger partial charge in [0.05, 0.1) is 31.8 Å². The minimum absolute atomic E-state index is 0.125. The Bertz CT molecular complexity index is 1240. The Kier molecular flexibility index (Phi) is 4.55. The van der Waals surface area contributed by atoms with Gasteiger partial charge in [-0.25, -0.2) is 8.42 Å². The Hall–Kier alpha value is -2.54. The first-order chi connectivity index (χ1) is 12.9. The van der Waals surface area contributed by atoms with E-state index in [0.29, 0.717) is 16.4 Å². The van der Waals surface area contributed by atoms with Gasteiger partial charge in [-0.15, -0.1) is 0 Å². The van der Waals surface area contributed by atoms with Crippen molar-refractivity contribution in [2.45, 2.75) is 4.90 Å². The van der Waals surface area contributed by atoms with Crippen LogP contribution in [0.15, 0.2) is 71.6 Å². The Morgan fingerprint density at radius 1 is 0.889 bits per heavy atom. The predicted molar refractivity (Wildman–Crippen MR) is 109 cm³/mol. The summed E-state index contributed by atoms with van der Waals surface area (Å²) in [6, 6.07) is 18.9. The number of fused-ring (bicyclic) bond motifs is 1. The van der Waals surface area contributed by atoms with Crippen LogP contribution in [0.2, 0.25) is 10.0 Å². The maximum Gasteiger partial charge on any atom is 0.261 e. The van der Waals surface area contributed by atoms with Crippen molar-refractivity contribution in [2.24, 2.45) is 0 Å². The lowest BCUT2D eigenvalue weighted by Gasteiger charge is -2.09. The van der Waals surface area contributed by atoms with Crippen molar-refractivity contribution >= 4 is 49.8 Å². The van der Waals surface area contributed by atoms with Gasteiger partial charge in [0.1, 0.15) is 0 Å². The number of anilines is 1. The van der Waals surface area contributed by atoms with Crippen molar-refractivity contribution in [2.75, 3.05) is 4.72 Å². The molecule has 1 heterocycles. The van der Waals surface area contributed by atoms with Crippen molar-refractivity contribution in [3.05, 3.63) is 76.8 Å². The summed E-state index contributed by atoms with van der Waals surface area (Å²) < 4.78 is 28.1. The topological polar surface area (TPSA) is 74.8 Å². The summed E-state index contributed by atoms with van der Waals surface area (Å²) in [6.07, 6.45) is 0. The van der Waals surface area contributed by atoms with Gasteiger partial charge < -0.3 is 0 Å². The highest BCUT2D eigenvalue weighted by atomic mass is 35.5. The molecule has 0 aliphatic heterocycles. The zero-order valence-corrected chi connectivity index (χ0v) is 16.1. The second-order valence-electron chi connectivity index (χ2n) is 5.88. The third-order valence-corrected chi connectivity index (χ3v) is 6.18. The number of hydrogen-bond acceptors (Lipinski definition) is 3. The van der Waals surface area contributed by atoms with E-state index in [0.717, 1.165) is 16.5 Å². The molecule has 0 bridgehead atoms. The second-order valence-corrected chi connectivity index (χ2v) is 8.38. The van der Waals surface area contributed by atoms with Crippen LogP contribution in [0, 0.1) is 0 Å². The van der Waals surface area contributed by atoms with E-state index in [1.165, 1.54) is 18.2 Å². The first-order valence-electron chi connectivity index (χ1n) is 7.95. The lowest BCUT2D eigenvalue weighted by atomic mass is 10.1. The molecule has 0 aliphatic rings. The number of nitrogens with zero attached hydrogens (tertiary/aromatic N) is 1. The van der Waals surface area contributed by atoms with E-state index in [1.807, 2.05) is 30.3 Å². The Balaban J connectivity index is 1.75. The second kappa shape index (κ2) is 6.88. The summed E-state index contributed by atoms with van der Waals surface area (Å²) in [5.74, 6) is 0. The van der Waals surface area contributed by atoms with Crippen molar-refractivity contribution in [3.63, 3.8) is 0 Å². The van der Waals surface area contributed by atoms with Gasteiger partial charge in [0.2, 0.25) is 0 Å². The van der Waals surface area contributed by atoms with Gasteiger partial charge in [-0.3, -0.25) is 9.82 Å². The normalized spacial score (nSPS) is 11.6. The number of hydrogen-bond donors (Lipinski definition) is 2. The van der Waals surface area contributed by atoms with Crippen LogP contribution in [-0.4, -0.2) is 18.6 Å². The van der Waals surface area contributed by atoms with Crippen LogP contribution in [0.5, 0.6) is 0 Å². The summed E-state index contributed by atoms with van der Waals surface area (Å²) in [4.78, 5) is 0.125. The standard InChI is InChI=1S/C19H13Cl2N3O2S/c20-16-8-6-13(10-17(16)21)24-27(25,26)14-7-9-18-15(11-14)19(23-22-18)12-4-2-1-3-5-12/h1-11,24H,(H,22,23). The molecule has 8 heteroatoms. The zero-order chi connectivity index (χ0) is 19.0. The third kappa shape index (κ3) is 3.51. The van der Waals surface area contributed by atoms with Gasteiger partial charge in [0.15, 0.2) is 0 Å². The number of aromatic amines is 1. The number of rotatable bonds is 4. The van der Waals surface area contributed by atoms with Crippen LogP contribution in [0.1, 0.15) is 0 Å². The summed E-state index contributed by atoms with van der Waals surface area (Å²) in [6.45, 7) is 0. The molecular weight excluding hydrogens is 405 g/mol. The summed E-state index contributed by atoms with van der Waals surface area (Å²) >= 11 is 11.8. The van der Waals surface area contributed by atoms with E-state index in [2.05, 4.69) is 14.9 Å². The monoisotopic (exact) mass is 417 g/mol. The van der Waals surface area contributed by atoms with Crippen LogP contribution >= 0.6 is 23.2 Å². The molecule has 0 aliphatic carbocycles. The SMILES string of the molecule is O=S(=O)(Nc1ccc(Cl)c(Cl)c1)c1ccc2[nH]nc(-c3ccccc3)c2c1. The Morgan fingerprint density at radius 3 is 2.41 bits per heavy atom. The Morgan fingerprint density at radius 2 is 1.67 bits per heavy atom. The van der Waals surface area contributed by atoms with Crippen molar-refractivity contribution in [1.29, 1.82) is 0 Å². The number of H-pyrrole nitrogens is 1. The highest BCUT2D eigenvalue weighted by Crippen LogP contribution is 2.30. The average Bonchev–Trinajstić information content (AvgIpc) is 3.08. The molecule has 0 radical (unpaired) electrons. The molecule has 0 saturated heterocycles. The van der Waals surface area contributed by atoms with Gasteiger partial charge in [-0.1, -0.05) is 53.5 Å². The highest BCUT2D eigenvalue weighted by molar-refractivity contribution is 7.92. The van der Waals surface area contributed by atoms with Gasteiger partial charge in [-0.05, 0) is 36.4 Å². The van der Waals surface area contributed by atoms with Crippen molar-refractivity contribution in [1.82, 2.24) is 10.2 Å². The van der Waals surface area contributed by atoms with E-state index in [9.17, 15) is 8.42 Å². The predicted octanol–water partition coefficient (Wildman–Crippen LogP) is 5.34. The lowest BCUT2D eigenvalue weighted by molar-refractivity contribution is 0.601. The maximum atomic E-state index is 12.8. The molecule has 4 rings (SSSR count). The number of nitrogens with one attached hydrogen (secondary N) is 2. The van der Waals surface area contributed by atoms with Crippen molar-refractivity contribution < 1.29 is 8.42 Å². The summed E-state index contributed by atoms with van der Waals surface area (Å²) in [7, 11) is -3.80. The van der Waals surface area contributed by atoms with Crippen LogP contribution in [0.4, 0.5) is 5.69 Å². The molecule has 3 aromatic carbocycles. The molecule has 0 spiro atoms. The van der Waals surface area contributed by atoms with Gasteiger partial charge in [-0.2, -0.15) is 5.10 Å². The van der Waals surface area contributed by atoms with Crippen LogP contribution in [0.25, 0.3) is 22.2 Å². The van der Waals surface area contributed by atoms with Crippen LogP contribution in [-0.2, 0) is 10.0 Å². The van der Waals surface area contributed by atoms with E-state index < -0.39 is 10.0 Å². The van der Waals surface area contributed by atoms with Crippen LogP contribution < -0.4 is 4.72 Å². The van der Waals surface area contributed by atoms with E-state index in [1.54, 1.807) is 18.2 Å². The van der Waals surface area contributed by atoms with Gasteiger partial charge in [0.25, 0.3) is 10.0 Å². The third-order valence-electron chi connectivity index (χ3n) is 4.06. The first kappa shape index (κ1) is 17.9. The number of sulfonamides is 1. The molecule has 0 fully saturated rings. The molecule has 2 N–H and O–H groups in total. The lowest BCUT2D eigenvalue weighted by Crippen LogP contribution is -2.12. The summed E-state index contributed by atoms with van der Waals surface area (Å²) in [5, 5.41) is 8.60. The average molecular weight is 418 g/mol. The largest absolute Gasteiger partial charge is 0.280 e. The molecule has 27 heavy (non-hydrogen) atoms. The smallest absolute Gasteiger partial charge is 0.261 e. The molecule has 4 aromatic rings. The minimum atomic E-state index is -3.80. The minimum Gasteiger partial charge on any atom is -0.280 e. The quantitative estimate of drug-likeness (QED) is 0.470. The Labute approximate surface area is 166 Å². The first-order valence-corrected chi connectivity index (χ1v) is 10.2. The molecule has 5 nitrogen and oxygen atoms in total. The van der Waals surface area contributed by atoms with Gasteiger partial charge in [0, 0.05) is 10.9 Å². The molecule has 0 atom stereocenters. The van der Waals surface area contributed by atoms with Crippen LogP contribution in [0.3, 0.4) is 0 Å². The fourth-order valence-electron chi connectivity index (χ4n) is 2.75. The molecule has 1 aromatic heterocycles. The zero-order valence-electron chi connectivity index (χ0n) is 13.8. The van der Waals surface area contributed by atoms with E-state index in [4.69, 9.17) is 23.2 Å². The molecule has 0 saturated carbocycles. The maximum absolute atomic E-state index is 12.8. The molecule has 0 amide bonds. The number of aromatic nitrogens is 2. The number of benzene rings is 3. The fraction of sp³-hybridized carbons (Fsp3) is 0. The van der Waals surface area contributed by atoms with E-state index >= 15 is 0 Å². The van der Waals surface area contributed by atoms with Gasteiger partial charge >= 0.3 is 0 Å². The molecule has 0 unspecified atom stereocenters. The highest BCUT2D eigenvalue weighted by Gasteiger charge is 2.17. The van der Waals surface area contributed by atoms with Crippen molar-refractivity contribution in [3.8, 4) is 11.3 Å².